The van der Waals surface area contributed by atoms with Crippen LogP contribution in [0.3, 0.4) is 0 Å². The fourth-order valence-electron chi connectivity index (χ4n) is 2.31. The first kappa shape index (κ1) is 16.3. The molecule has 1 unspecified atom stereocenters. The van der Waals surface area contributed by atoms with Crippen LogP contribution in [0.25, 0.3) is 11.1 Å². The molecule has 116 valence electrons. The summed E-state index contributed by atoms with van der Waals surface area (Å²) in [5, 5.41) is 12.3. The molecular weight excluding hydrogens is 274 g/mol. The number of hydrogen-bond acceptors (Lipinski definition) is 3. The highest BCUT2D eigenvalue weighted by Crippen LogP contribution is 2.30. The van der Waals surface area contributed by atoms with E-state index in [-0.39, 0.29) is 12.6 Å². The van der Waals surface area contributed by atoms with Crippen LogP contribution in [0, 0.1) is 0 Å². The quantitative estimate of drug-likeness (QED) is 0.768. The predicted molar refractivity (Wildman–Crippen MR) is 91.1 cm³/mol. The molecule has 0 heterocycles. The minimum Gasteiger partial charge on any atom is -0.496 e. The summed E-state index contributed by atoms with van der Waals surface area (Å²) < 4.78 is 5.41. The van der Waals surface area contributed by atoms with Crippen LogP contribution >= 0.6 is 0 Å². The lowest BCUT2D eigenvalue weighted by Crippen LogP contribution is -2.21. The van der Waals surface area contributed by atoms with Gasteiger partial charge in [0.05, 0.1) is 13.7 Å². The smallest absolute Gasteiger partial charge is 0.126 e. The topological polar surface area (TPSA) is 41.5 Å². The summed E-state index contributed by atoms with van der Waals surface area (Å²) in [5.41, 5.74) is 4.21. The van der Waals surface area contributed by atoms with Crippen LogP contribution in [0.15, 0.2) is 60.7 Å². The molecule has 1 atom stereocenters. The Labute approximate surface area is 132 Å². The number of aliphatic hydroxyl groups is 1. The normalized spacial score (nSPS) is 12.0. The maximum absolute atomic E-state index is 8.98. The van der Waals surface area contributed by atoms with Crippen molar-refractivity contribution in [1.29, 1.82) is 0 Å². The van der Waals surface area contributed by atoms with Gasteiger partial charge >= 0.3 is 0 Å². The molecule has 2 rings (SSSR count). The van der Waals surface area contributed by atoms with Crippen molar-refractivity contribution in [1.82, 2.24) is 5.32 Å². The molecule has 0 saturated heterocycles. The fourth-order valence-corrected chi connectivity index (χ4v) is 2.31. The Morgan fingerprint density at radius 2 is 1.86 bits per heavy atom. The molecule has 0 radical (unpaired) electrons. The lowest BCUT2D eigenvalue weighted by atomic mass is 10.0. The van der Waals surface area contributed by atoms with Gasteiger partial charge in [-0.2, -0.15) is 0 Å². The van der Waals surface area contributed by atoms with E-state index in [1.165, 1.54) is 5.56 Å². The van der Waals surface area contributed by atoms with Crippen LogP contribution < -0.4 is 10.1 Å². The Balaban J connectivity index is 2.11. The van der Waals surface area contributed by atoms with Crippen molar-refractivity contribution < 1.29 is 9.84 Å². The molecule has 0 aliphatic carbocycles. The third-order valence-electron chi connectivity index (χ3n) is 3.71. The number of nitrogens with one attached hydrogen (secondary N) is 1. The summed E-state index contributed by atoms with van der Waals surface area (Å²) in [6, 6.07) is 16.6. The highest BCUT2D eigenvalue weighted by atomic mass is 16.5. The Morgan fingerprint density at radius 1 is 1.18 bits per heavy atom. The average molecular weight is 297 g/mol. The zero-order valence-electron chi connectivity index (χ0n) is 13.2. The number of rotatable bonds is 7. The summed E-state index contributed by atoms with van der Waals surface area (Å²) in [6.45, 7) is 6.52. The van der Waals surface area contributed by atoms with Crippen LogP contribution in [0.4, 0.5) is 0 Å². The molecule has 0 spiro atoms. The van der Waals surface area contributed by atoms with E-state index < -0.39 is 0 Å². The first-order valence-electron chi connectivity index (χ1n) is 7.40. The number of hydrogen-bond donors (Lipinski definition) is 2. The number of methoxy groups -OCH3 is 1. The van der Waals surface area contributed by atoms with Gasteiger partial charge in [-0.05, 0) is 29.7 Å². The molecule has 0 aliphatic rings. The van der Waals surface area contributed by atoms with Gasteiger partial charge in [0.1, 0.15) is 5.75 Å². The van der Waals surface area contributed by atoms with Gasteiger partial charge in [-0.3, -0.25) is 0 Å². The Bertz CT molecular complexity index is 620. The van der Waals surface area contributed by atoms with E-state index >= 15 is 0 Å². The first-order chi connectivity index (χ1) is 10.7. The highest BCUT2D eigenvalue weighted by Gasteiger charge is 2.08. The van der Waals surface area contributed by atoms with Crippen molar-refractivity contribution in [2.45, 2.75) is 13.0 Å². The van der Waals surface area contributed by atoms with Crippen LogP contribution in [0.5, 0.6) is 5.75 Å². The van der Waals surface area contributed by atoms with Crippen LogP contribution in [0.1, 0.15) is 18.5 Å². The molecule has 3 nitrogen and oxygen atoms in total. The van der Waals surface area contributed by atoms with E-state index in [9.17, 15) is 0 Å². The van der Waals surface area contributed by atoms with Crippen LogP contribution in [-0.2, 0) is 0 Å². The van der Waals surface area contributed by atoms with Gasteiger partial charge < -0.3 is 15.2 Å². The van der Waals surface area contributed by atoms with Crippen molar-refractivity contribution >= 4 is 0 Å². The molecule has 3 heteroatoms. The van der Waals surface area contributed by atoms with Crippen molar-refractivity contribution in [2.24, 2.45) is 0 Å². The Kier molecular flexibility index (Phi) is 5.75. The molecule has 0 aliphatic heterocycles. The molecule has 22 heavy (non-hydrogen) atoms. The fraction of sp³-hybridized carbons (Fsp3) is 0.263. The molecule has 0 aromatic heterocycles. The lowest BCUT2D eigenvalue weighted by molar-refractivity contribution is 0.326. The largest absolute Gasteiger partial charge is 0.496 e. The standard InChI is InChI=1S/C19H23NO2/c1-14(13-21)12-20-15(2)16-8-10-17(11-9-16)18-6-4-5-7-19(18)22-3/h4-11,15,20-21H,1,12-13H2,2-3H3. The van der Waals surface area contributed by atoms with Crippen LogP contribution in [0.2, 0.25) is 0 Å². The van der Waals surface area contributed by atoms with E-state index in [2.05, 4.69) is 49.2 Å². The maximum atomic E-state index is 8.98. The van der Waals surface area contributed by atoms with Gasteiger partial charge in [0.25, 0.3) is 0 Å². The van der Waals surface area contributed by atoms with E-state index in [1.807, 2.05) is 18.2 Å². The zero-order valence-corrected chi connectivity index (χ0v) is 13.2. The molecule has 2 N–H and O–H groups in total. The second kappa shape index (κ2) is 7.78. The van der Waals surface area contributed by atoms with Gasteiger partial charge in [-0.25, -0.2) is 0 Å². The number of para-hydroxylation sites is 1. The van der Waals surface area contributed by atoms with Crippen molar-refractivity contribution in [3.63, 3.8) is 0 Å². The Morgan fingerprint density at radius 3 is 2.50 bits per heavy atom. The number of aliphatic hydroxyl groups excluding tert-OH is 1. The maximum Gasteiger partial charge on any atom is 0.126 e. The van der Waals surface area contributed by atoms with Crippen molar-refractivity contribution in [2.75, 3.05) is 20.3 Å². The molecular formula is C19H23NO2. The molecule has 0 fully saturated rings. The zero-order chi connectivity index (χ0) is 15.9. The first-order valence-corrected chi connectivity index (χ1v) is 7.40. The van der Waals surface area contributed by atoms with Crippen molar-refractivity contribution in [3.05, 3.63) is 66.2 Å². The highest BCUT2D eigenvalue weighted by molar-refractivity contribution is 5.70. The molecule has 2 aromatic carbocycles. The van der Waals surface area contributed by atoms with Gasteiger partial charge in [0.15, 0.2) is 0 Å². The van der Waals surface area contributed by atoms with E-state index in [0.29, 0.717) is 6.54 Å². The summed E-state index contributed by atoms with van der Waals surface area (Å²) in [5.74, 6) is 0.876. The minimum atomic E-state index is 0.0203. The van der Waals surface area contributed by atoms with Crippen molar-refractivity contribution in [3.8, 4) is 16.9 Å². The SMILES string of the molecule is C=C(CO)CNC(C)c1ccc(-c2ccccc2OC)cc1. The summed E-state index contributed by atoms with van der Waals surface area (Å²) in [4.78, 5) is 0. The van der Waals surface area contributed by atoms with E-state index in [1.54, 1.807) is 7.11 Å². The molecule has 0 amide bonds. The molecule has 0 saturated carbocycles. The van der Waals surface area contributed by atoms with E-state index in [0.717, 1.165) is 22.4 Å². The van der Waals surface area contributed by atoms with Crippen LogP contribution in [-0.4, -0.2) is 25.4 Å². The van der Waals surface area contributed by atoms with Gasteiger partial charge in [0, 0.05) is 18.2 Å². The molecule has 2 aromatic rings. The summed E-state index contributed by atoms with van der Waals surface area (Å²) >= 11 is 0. The summed E-state index contributed by atoms with van der Waals surface area (Å²) in [6.07, 6.45) is 0. The predicted octanol–water partition coefficient (Wildman–Crippen LogP) is 3.56. The van der Waals surface area contributed by atoms with E-state index in [4.69, 9.17) is 9.84 Å². The second-order valence-corrected chi connectivity index (χ2v) is 5.33. The molecule has 0 bridgehead atoms. The third-order valence-corrected chi connectivity index (χ3v) is 3.71. The number of ether oxygens (including phenoxy) is 1. The monoisotopic (exact) mass is 297 g/mol. The minimum absolute atomic E-state index is 0.0203. The number of benzene rings is 2. The third kappa shape index (κ3) is 3.97. The average Bonchev–Trinajstić information content (AvgIpc) is 2.59. The summed E-state index contributed by atoms with van der Waals surface area (Å²) in [7, 11) is 1.69. The van der Waals surface area contributed by atoms with Gasteiger partial charge in [-0.1, -0.05) is 49.0 Å². The van der Waals surface area contributed by atoms with Gasteiger partial charge in [-0.15, -0.1) is 0 Å². The second-order valence-electron chi connectivity index (χ2n) is 5.33. The van der Waals surface area contributed by atoms with Gasteiger partial charge in [0.2, 0.25) is 0 Å². The Hall–Kier alpha value is -2.10. The lowest BCUT2D eigenvalue weighted by Gasteiger charge is -2.16.